The molecule has 3 rings (SSSR count). The second-order valence-electron chi connectivity index (χ2n) is 6.76. The van der Waals surface area contributed by atoms with Crippen LogP contribution in [-0.2, 0) is 5.41 Å². The second-order valence-corrected chi connectivity index (χ2v) is 6.76. The number of halogens is 1. The fraction of sp³-hybridized carbons (Fsp3) is 0.263. The molecule has 0 fully saturated rings. The number of carbonyl (C=O) groups is 1. The van der Waals surface area contributed by atoms with Crippen LogP contribution < -0.4 is 5.32 Å². The molecule has 0 aliphatic heterocycles. The van der Waals surface area contributed by atoms with Crippen LogP contribution in [-0.4, -0.2) is 32.7 Å². The Labute approximate surface area is 151 Å². The molecule has 1 aromatic heterocycles. The summed E-state index contributed by atoms with van der Waals surface area (Å²) in [5, 5.41) is 14.3. The zero-order chi connectivity index (χ0) is 18.7. The Hall–Kier alpha value is -3.09. The number of nitrogens with one attached hydrogen (secondary N) is 1. The third kappa shape index (κ3) is 3.77. The van der Waals surface area contributed by atoms with Crippen LogP contribution in [0.4, 0.5) is 4.39 Å². The Morgan fingerprint density at radius 3 is 2.35 bits per heavy atom. The van der Waals surface area contributed by atoms with Crippen molar-refractivity contribution in [3.05, 3.63) is 71.3 Å². The summed E-state index contributed by atoms with van der Waals surface area (Å²) < 4.78 is 14.7. The first-order chi connectivity index (χ1) is 12.4. The van der Waals surface area contributed by atoms with Gasteiger partial charge in [-0.3, -0.25) is 4.79 Å². The van der Waals surface area contributed by atoms with Crippen molar-refractivity contribution in [1.29, 1.82) is 0 Å². The molecule has 0 spiro atoms. The van der Waals surface area contributed by atoms with E-state index in [1.165, 1.54) is 12.1 Å². The summed E-state index contributed by atoms with van der Waals surface area (Å²) in [5.74, 6) is 0.231. The molecule has 0 aliphatic carbocycles. The summed E-state index contributed by atoms with van der Waals surface area (Å²) in [6.45, 7) is 6.25. The predicted molar refractivity (Wildman–Crippen MR) is 95.7 cm³/mol. The first-order valence-electron chi connectivity index (χ1n) is 8.26. The van der Waals surface area contributed by atoms with Gasteiger partial charge in [-0.2, -0.15) is 4.68 Å². The van der Waals surface area contributed by atoms with E-state index in [2.05, 4.69) is 20.8 Å². The number of carbonyl (C=O) groups excluding carboxylic acids is 1. The van der Waals surface area contributed by atoms with Gasteiger partial charge in [-0.1, -0.05) is 26.0 Å². The largest absolute Gasteiger partial charge is 0.351 e. The minimum atomic E-state index is -0.313. The molecule has 3 aromatic rings. The number of aromatic nitrogens is 4. The van der Waals surface area contributed by atoms with Gasteiger partial charge in [0.2, 0.25) is 0 Å². The Morgan fingerprint density at radius 2 is 1.77 bits per heavy atom. The van der Waals surface area contributed by atoms with E-state index in [-0.39, 0.29) is 17.1 Å². The van der Waals surface area contributed by atoms with Gasteiger partial charge < -0.3 is 5.32 Å². The zero-order valence-corrected chi connectivity index (χ0v) is 14.9. The molecule has 0 aliphatic rings. The van der Waals surface area contributed by atoms with Crippen LogP contribution in [0.1, 0.15) is 35.6 Å². The standard InChI is InChI=1S/C19H20FN5O/c1-13-22-23-24-25(13)17-10-4-14(5-11-17)18(26)21-12-19(2,3)15-6-8-16(20)9-7-15/h4-11H,12H2,1-3H3,(H,21,26). The maximum atomic E-state index is 13.1. The van der Waals surface area contributed by atoms with Crippen molar-refractivity contribution in [3.8, 4) is 5.69 Å². The monoisotopic (exact) mass is 353 g/mol. The van der Waals surface area contributed by atoms with Crippen LogP contribution in [0.25, 0.3) is 5.69 Å². The van der Waals surface area contributed by atoms with Crippen molar-refractivity contribution >= 4 is 5.91 Å². The first kappa shape index (κ1) is 17.7. The van der Waals surface area contributed by atoms with Gasteiger partial charge in [0, 0.05) is 17.5 Å². The van der Waals surface area contributed by atoms with E-state index in [0.717, 1.165) is 11.3 Å². The van der Waals surface area contributed by atoms with E-state index >= 15 is 0 Å². The molecule has 0 saturated carbocycles. The molecule has 0 atom stereocenters. The van der Waals surface area contributed by atoms with E-state index in [0.29, 0.717) is 17.9 Å². The molecule has 6 nitrogen and oxygen atoms in total. The van der Waals surface area contributed by atoms with Gasteiger partial charge >= 0.3 is 0 Å². The van der Waals surface area contributed by atoms with E-state index in [1.807, 2.05) is 13.8 Å². The van der Waals surface area contributed by atoms with Crippen LogP contribution in [0.3, 0.4) is 0 Å². The lowest BCUT2D eigenvalue weighted by atomic mass is 9.84. The highest BCUT2D eigenvalue weighted by Crippen LogP contribution is 2.22. The molecule has 0 unspecified atom stereocenters. The molecule has 1 amide bonds. The first-order valence-corrected chi connectivity index (χ1v) is 8.26. The van der Waals surface area contributed by atoms with Gasteiger partial charge in [-0.25, -0.2) is 4.39 Å². The maximum absolute atomic E-state index is 13.1. The van der Waals surface area contributed by atoms with E-state index in [4.69, 9.17) is 0 Å². The van der Waals surface area contributed by atoms with Crippen LogP contribution in [0, 0.1) is 12.7 Å². The maximum Gasteiger partial charge on any atom is 0.251 e. The smallest absolute Gasteiger partial charge is 0.251 e. The van der Waals surface area contributed by atoms with Crippen molar-refractivity contribution in [2.75, 3.05) is 6.54 Å². The molecule has 0 bridgehead atoms. The second kappa shape index (κ2) is 7.03. The van der Waals surface area contributed by atoms with E-state index in [9.17, 15) is 9.18 Å². The summed E-state index contributed by atoms with van der Waals surface area (Å²) in [6.07, 6.45) is 0. The molecular weight excluding hydrogens is 333 g/mol. The Balaban J connectivity index is 1.66. The molecule has 2 aromatic carbocycles. The Bertz CT molecular complexity index is 900. The Kier molecular flexibility index (Phi) is 4.79. The van der Waals surface area contributed by atoms with Crippen LogP contribution >= 0.6 is 0 Å². The zero-order valence-electron chi connectivity index (χ0n) is 14.9. The van der Waals surface area contributed by atoms with Crippen molar-refractivity contribution in [3.63, 3.8) is 0 Å². The number of hydrogen-bond donors (Lipinski definition) is 1. The molecule has 7 heteroatoms. The van der Waals surface area contributed by atoms with Gasteiger partial charge in [-0.15, -0.1) is 5.10 Å². The van der Waals surface area contributed by atoms with Crippen LogP contribution in [0.15, 0.2) is 48.5 Å². The van der Waals surface area contributed by atoms with Crippen molar-refractivity contribution in [2.24, 2.45) is 0 Å². The van der Waals surface area contributed by atoms with Crippen molar-refractivity contribution < 1.29 is 9.18 Å². The highest BCUT2D eigenvalue weighted by Gasteiger charge is 2.21. The molecule has 0 saturated heterocycles. The van der Waals surface area contributed by atoms with Gasteiger partial charge in [0.15, 0.2) is 5.82 Å². The molecule has 0 radical (unpaired) electrons. The lowest BCUT2D eigenvalue weighted by molar-refractivity contribution is 0.0945. The number of rotatable bonds is 5. The number of nitrogens with zero attached hydrogens (tertiary/aromatic N) is 4. The van der Waals surface area contributed by atoms with E-state index < -0.39 is 0 Å². The highest BCUT2D eigenvalue weighted by molar-refractivity contribution is 5.94. The molecular formula is C19H20FN5O. The number of benzene rings is 2. The lowest BCUT2D eigenvalue weighted by Crippen LogP contribution is -2.36. The molecule has 1 heterocycles. The lowest BCUT2D eigenvalue weighted by Gasteiger charge is -2.25. The Morgan fingerprint density at radius 1 is 1.12 bits per heavy atom. The quantitative estimate of drug-likeness (QED) is 0.765. The SMILES string of the molecule is Cc1nnnn1-c1ccc(C(=O)NCC(C)(C)c2ccc(F)cc2)cc1. The van der Waals surface area contributed by atoms with Crippen LogP contribution in [0.5, 0.6) is 0 Å². The summed E-state index contributed by atoms with van der Waals surface area (Å²) in [6, 6.07) is 13.4. The van der Waals surface area contributed by atoms with Gasteiger partial charge in [0.05, 0.1) is 5.69 Å². The topological polar surface area (TPSA) is 72.7 Å². The van der Waals surface area contributed by atoms with Crippen molar-refractivity contribution in [1.82, 2.24) is 25.5 Å². The van der Waals surface area contributed by atoms with Crippen molar-refractivity contribution in [2.45, 2.75) is 26.2 Å². The van der Waals surface area contributed by atoms with Gasteiger partial charge in [0.25, 0.3) is 5.91 Å². The third-order valence-corrected chi connectivity index (χ3v) is 4.32. The molecule has 1 N–H and O–H groups in total. The highest BCUT2D eigenvalue weighted by atomic mass is 19.1. The average Bonchev–Trinajstić information content (AvgIpc) is 3.06. The summed E-state index contributed by atoms with van der Waals surface area (Å²) in [4.78, 5) is 12.4. The van der Waals surface area contributed by atoms with E-state index in [1.54, 1.807) is 48.0 Å². The molecule has 134 valence electrons. The number of aryl methyl sites for hydroxylation is 1. The predicted octanol–water partition coefficient (Wildman–Crippen LogP) is 2.82. The van der Waals surface area contributed by atoms with Gasteiger partial charge in [0.1, 0.15) is 5.82 Å². The number of amides is 1. The number of tetrazole rings is 1. The average molecular weight is 353 g/mol. The summed E-state index contributed by atoms with van der Waals surface area (Å²) in [5.41, 5.74) is 1.99. The molecule has 26 heavy (non-hydrogen) atoms. The van der Waals surface area contributed by atoms with Gasteiger partial charge in [-0.05, 0) is 59.3 Å². The minimum absolute atomic E-state index is 0.167. The summed E-state index contributed by atoms with van der Waals surface area (Å²) in [7, 11) is 0. The number of hydrogen-bond acceptors (Lipinski definition) is 4. The summed E-state index contributed by atoms with van der Waals surface area (Å²) >= 11 is 0. The van der Waals surface area contributed by atoms with Crippen LogP contribution in [0.2, 0.25) is 0 Å². The normalized spacial score (nSPS) is 11.4. The fourth-order valence-corrected chi connectivity index (χ4v) is 2.63. The minimum Gasteiger partial charge on any atom is -0.351 e. The third-order valence-electron chi connectivity index (χ3n) is 4.32. The fourth-order valence-electron chi connectivity index (χ4n) is 2.63.